The van der Waals surface area contributed by atoms with Crippen molar-refractivity contribution in [2.75, 3.05) is 24.6 Å². The third-order valence-corrected chi connectivity index (χ3v) is 7.28. The van der Waals surface area contributed by atoms with Gasteiger partial charge >= 0.3 is 0 Å². The number of hydrogen-bond donors (Lipinski definition) is 1. The molecule has 2 aliphatic carbocycles. The van der Waals surface area contributed by atoms with Crippen molar-refractivity contribution in [3.8, 4) is 5.75 Å². The summed E-state index contributed by atoms with van der Waals surface area (Å²) >= 11 is 0. The lowest BCUT2D eigenvalue weighted by Gasteiger charge is -2.32. The van der Waals surface area contributed by atoms with E-state index in [1.165, 1.54) is 31.7 Å². The van der Waals surface area contributed by atoms with Gasteiger partial charge in [-0.05, 0) is 80.9 Å². The number of nitrogens with zero attached hydrogens (tertiary/aromatic N) is 3. The molecule has 2 aromatic rings. The molecule has 2 unspecified atom stereocenters. The summed E-state index contributed by atoms with van der Waals surface area (Å²) in [5.41, 5.74) is 1.23. The predicted molar refractivity (Wildman–Crippen MR) is 130 cm³/mol. The van der Waals surface area contributed by atoms with Gasteiger partial charge in [0.05, 0.1) is 12.2 Å². The van der Waals surface area contributed by atoms with E-state index in [-0.39, 0.29) is 11.5 Å². The van der Waals surface area contributed by atoms with Crippen molar-refractivity contribution in [3.63, 3.8) is 0 Å². The van der Waals surface area contributed by atoms with Crippen molar-refractivity contribution in [2.45, 2.75) is 45.4 Å². The quantitative estimate of drug-likeness (QED) is 0.301. The minimum atomic E-state index is -0.497. The van der Waals surface area contributed by atoms with E-state index in [0.717, 1.165) is 43.4 Å². The number of halogens is 1. The van der Waals surface area contributed by atoms with Crippen LogP contribution >= 0.6 is 0 Å². The number of allylic oxidation sites excluding steroid dienone is 1. The maximum atomic E-state index is 14.5. The van der Waals surface area contributed by atoms with Gasteiger partial charge in [-0.25, -0.2) is 14.4 Å². The van der Waals surface area contributed by atoms with E-state index in [1.54, 1.807) is 12.1 Å². The second kappa shape index (κ2) is 9.72. The second-order valence-electron chi connectivity index (χ2n) is 10.1. The van der Waals surface area contributed by atoms with Crippen molar-refractivity contribution < 1.29 is 13.9 Å². The monoisotopic (exact) mass is 464 g/mol. The average Bonchev–Trinajstić information content (AvgIpc) is 3.75. The lowest BCUT2D eigenvalue weighted by Crippen LogP contribution is -2.35. The third-order valence-electron chi connectivity index (χ3n) is 7.28. The van der Waals surface area contributed by atoms with Crippen molar-refractivity contribution >= 4 is 11.8 Å². The SMILES string of the molecule is C=C(OC(=N)c1ccc(OCC2CC2CC2CCN(c3ncc(C)cn3)CC2)cc1F)C1CC1. The molecule has 2 heterocycles. The first-order chi connectivity index (χ1) is 16.5. The van der Waals surface area contributed by atoms with E-state index in [2.05, 4.69) is 21.4 Å². The zero-order valence-electron chi connectivity index (χ0n) is 19.8. The van der Waals surface area contributed by atoms with Crippen LogP contribution < -0.4 is 9.64 Å². The van der Waals surface area contributed by atoms with Gasteiger partial charge in [0.1, 0.15) is 17.3 Å². The van der Waals surface area contributed by atoms with Gasteiger partial charge in [-0.3, -0.25) is 5.41 Å². The molecule has 3 aliphatic rings. The van der Waals surface area contributed by atoms with Crippen molar-refractivity contribution in [2.24, 2.45) is 23.7 Å². The number of aryl methyl sites for hydroxylation is 1. The van der Waals surface area contributed by atoms with Gasteiger partial charge in [0.2, 0.25) is 11.8 Å². The molecule has 34 heavy (non-hydrogen) atoms. The van der Waals surface area contributed by atoms with Crippen LogP contribution in [0.5, 0.6) is 5.75 Å². The molecule has 0 bridgehead atoms. The van der Waals surface area contributed by atoms with Crippen LogP contribution in [-0.2, 0) is 4.74 Å². The fraction of sp³-hybridized carbons (Fsp3) is 0.519. The number of aromatic nitrogens is 2. The minimum absolute atomic E-state index is 0.140. The Bertz CT molecular complexity index is 1050. The minimum Gasteiger partial charge on any atom is -0.493 e. The molecular formula is C27H33FN4O2. The Balaban J connectivity index is 1.03. The molecule has 0 radical (unpaired) electrons. The van der Waals surface area contributed by atoms with Gasteiger partial charge < -0.3 is 14.4 Å². The molecule has 1 aromatic heterocycles. The summed E-state index contributed by atoms with van der Waals surface area (Å²) in [7, 11) is 0. The van der Waals surface area contributed by atoms with Crippen molar-refractivity contribution in [1.82, 2.24) is 9.97 Å². The number of piperidine rings is 1. The number of hydrogen-bond acceptors (Lipinski definition) is 6. The Hall–Kier alpha value is -2.96. The van der Waals surface area contributed by atoms with Crippen molar-refractivity contribution in [3.05, 3.63) is 59.9 Å². The molecule has 5 rings (SSSR count). The Morgan fingerprint density at radius 2 is 1.88 bits per heavy atom. The van der Waals surface area contributed by atoms with E-state index >= 15 is 0 Å². The summed E-state index contributed by atoms with van der Waals surface area (Å²) in [5, 5.41) is 8.02. The average molecular weight is 465 g/mol. The van der Waals surface area contributed by atoms with Crippen LogP contribution in [0.3, 0.4) is 0 Å². The molecule has 1 N–H and O–H groups in total. The van der Waals surface area contributed by atoms with E-state index in [4.69, 9.17) is 14.9 Å². The number of rotatable bonds is 9. The Labute approximate surface area is 200 Å². The molecule has 2 atom stereocenters. The van der Waals surface area contributed by atoms with Crippen LogP contribution in [0.25, 0.3) is 0 Å². The predicted octanol–water partition coefficient (Wildman–Crippen LogP) is 5.51. The Morgan fingerprint density at radius 1 is 1.15 bits per heavy atom. The lowest BCUT2D eigenvalue weighted by atomic mass is 9.91. The van der Waals surface area contributed by atoms with E-state index in [1.807, 2.05) is 19.3 Å². The Kier molecular flexibility index (Phi) is 6.53. The maximum absolute atomic E-state index is 14.5. The second-order valence-corrected chi connectivity index (χ2v) is 10.1. The number of ether oxygens (including phenoxy) is 2. The van der Waals surface area contributed by atoms with Crippen LogP contribution in [0.15, 0.2) is 42.9 Å². The van der Waals surface area contributed by atoms with E-state index in [9.17, 15) is 4.39 Å². The number of benzene rings is 1. The molecule has 7 heteroatoms. The zero-order valence-corrected chi connectivity index (χ0v) is 19.8. The van der Waals surface area contributed by atoms with Gasteiger partial charge in [-0.15, -0.1) is 0 Å². The van der Waals surface area contributed by atoms with E-state index in [0.29, 0.717) is 35.9 Å². The molecule has 0 spiro atoms. The third kappa shape index (κ3) is 5.57. The van der Waals surface area contributed by atoms with Gasteiger partial charge in [-0.1, -0.05) is 6.58 Å². The molecule has 2 saturated carbocycles. The van der Waals surface area contributed by atoms with Crippen LogP contribution in [0.2, 0.25) is 0 Å². The molecule has 1 aromatic carbocycles. The largest absolute Gasteiger partial charge is 0.493 e. The summed E-state index contributed by atoms with van der Waals surface area (Å²) < 4.78 is 25.8. The van der Waals surface area contributed by atoms with Crippen LogP contribution in [0.4, 0.5) is 10.3 Å². The summed E-state index contributed by atoms with van der Waals surface area (Å²) in [5.74, 6) is 3.51. The summed E-state index contributed by atoms with van der Waals surface area (Å²) in [4.78, 5) is 11.2. The molecular weight excluding hydrogens is 431 g/mol. The molecule has 0 amide bonds. The topological polar surface area (TPSA) is 71.3 Å². The van der Waals surface area contributed by atoms with Crippen molar-refractivity contribution in [1.29, 1.82) is 5.41 Å². The molecule has 1 aliphatic heterocycles. The van der Waals surface area contributed by atoms with Gasteiger partial charge in [0.25, 0.3) is 0 Å². The normalized spacial score (nSPS) is 22.4. The van der Waals surface area contributed by atoms with Gasteiger partial charge in [0.15, 0.2) is 0 Å². The molecule has 180 valence electrons. The highest BCUT2D eigenvalue weighted by atomic mass is 19.1. The smallest absolute Gasteiger partial charge is 0.225 e. The van der Waals surface area contributed by atoms with Crippen LogP contribution in [-0.4, -0.2) is 35.6 Å². The van der Waals surface area contributed by atoms with E-state index < -0.39 is 5.82 Å². The van der Waals surface area contributed by atoms with Gasteiger partial charge in [-0.2, -0.15) is 0 Å². The first-order valence-electron chi connectivity index (χ1n) is 12.4. The highest BCUT2D eigenvalue weighted by Crippen LogP contribution is 2.45. The lowest BCUT2D eigenvalue weighted by molar-refractivity contribution is 0.278. The summed E-state index contributed by atoms with van der Waals surface area (Å²) in [6.07, 6.45) is 10.6. The number of nitrogens with one attached hydrogen (secondary N) is 1. The van der Waals surface area contributed by atoms with Crippen LogP contribution in [0.1, 0.15) is 49.7 Å². The fourth-order valence-electron chi connectivity index (χ4n) is 4.80. The molecule has 6 nitrogen and oxygen atoms in total. The maximum Gasteiger partial charge on any atom is 0.225 e. The van der Waals surface area contributed by atoms with Crippen LogP contribution in [0, 0.1) is 41.8 Å². The summed E-state index contributed by atoms with van der Waals surface area (Å²) in [6, 6.07) is 4.63. The fourth-order valence-corrected chi connectivity index (χ4v) is 4.80. The molecule has 1 saturated heterocycles. The highest BCUT2D eigenvalue weighted by molar-refractivity contribution is 5.92. The first-order valence-corrected chi connectivity index (χ1v) is 12.4. The first kappa shape index (κ1) is 22.8. The summed E-state index contributed by atoms with van der Waals surface area (Å²) in [6.45, 7) is 8.49. The highest BCUT2D eigenvalue weighted by Gasteiger charge is 2.39. The molecule has 3 fully saturated rings. The standard InChI is InChI=1S/C27H33FN4O2/c1-17-14-30-27(31-15-17)32-9-7-19(8-10-32)11-21-12-22(21)16-33-23-5-6-24(25(28)13-23)26(29)34-18(2)20-3-4-20/h5-6,13-15,19-22,29H,2-4,7-12,16H2,1H3. The Morgan fingerprint density at radius 3 is 2.56 bits per heavy atom. The zero-order chi connectivity index (χ0) is 23.7. The van der Waals surface area contributed by atoms with Gasteiger partial charge in [0, 0.05) is 37.5 Å². The number of anilines is 1.